The van der Waals surface area contributed by atoms with E-state index in [1.807, 2.05) is 0 Å². The molecule has 0 aliphatic rings. The molecule has 3 rings (SSSR count). The van der Waals surface area contributed by atoms with E-state index in [0.717, 1.165) is 0 Å². The molecule has 0 saturated carbocycles. The van der Waals surface area contributed by atoms with Gasteiger partial charge >= 0.3 is 0 Å². The molecule has 0 spiro atoms. The van der Waals surface area contributed by atoms with Gasteiger partial charge in [0.1, 0.15) is 0 Å². The fourth-order valence-electron chi connectivity index (χ4n) is 2.05. The fourth-order valence-corrected chi connectivity index (χ4v) is 3.03. The van der Waals surface area contributed by atoms with Crippen LogP contribution in [-0.2, 0) is 0 Å². The van der Waals surface area contributed by atoms with Crippen LogP contribution in [0.3, 0.4) is 0 Å². The molecule has 122 valence electrons. The smallest absolute Gasteiger partial charge is 0.152 e. The Hall–Kier alpha value is -1.72. The lowest BCUT2D eigenvalue weighted by Gasteiger charge is -2.07. The molecular formula is C16H8Cl4N2O2. The monoisotopic (exact) mass is 400 g/mol. The average Bonchev–Trinajstić information content (AvgIpc) is 2.57. The van der Waals surface area contributed by atoms with Gasteiger partial charge in [-0.25, -0.2) is 0 Å². The Morgan fingerprint density at radius 3 is 1.12 bits per heavy atom. The van der Waals surface area contributed by atoms with Crippen molar-refractivity contribution in [3.8, 4) is 34.0 Å². The molecule has 0 fully saturated rings. The Kier molecular flexibility index (Phi) is 4.74. The quantitative estimate of drug-likeness (QED) is 0.566. The maximum Gasteiger partial charge on any atom is 0.152 e. The van der Waals surface area contributed by atoms with E-state index in [0.29, 0.717) is 22.5 Å². The molecule has 2 N–H and O–H groups in total. The standard InChI is InChI=1S/C16H8Cl4N2O2/c17-9-1-7(2-10(18)15(9)23)13-5-22-14(6-21-13)8-3-11(19)16(24)12(20)4-8/h1-6,23-24H. The third-order valence-corrected chi connectivity index (χ3v) is 4.43. The van der Waals surface area contributed by atoms with E-state index in [1.54, 1.807) is 24.3 Å². The highest BCUT2D eigenvalue weighted by molar-refractivity contribution is 6.38. The summed E-state index contributed by atoms with van der Waals surface area (Å²) in [6.45, 7) is 0. The van der Waals surface area contributed by atoms with Gasteiger partial charge in [-0.2, -0.15) is 0 Å². The summed E-state index contributed by atoms with van der Waals surface area (Å²) >= 11 is 23.6. The number of aromatic nitrogens is 2. The molecule has 0 unspecified atom stereocenters. The first-order valence-electron chi connectivity index (χ1n) is 6.55. The van der Waals surface area contributed by atoms with Crippen molar-refractivity contribution in [3.05, 3.63) is 56.7 Å². The highest BCUT2D eigenvalue weighted by Crippen LogP contribution is 2.37. The molecular weight excluding hydrogens is 394 g/mol. The summed E-state index contributed by atoms with van der Waals surface area (Å²) in [5.74, 6) is -0.361. The zero-order valence-electron chi connectivity index (χ0n) is 11.8. The number of rotatable bonds is 2. The molecule has 24 heavy (non-hydrogen) atoms. The van der Waals surface area contributed by atoms with E-state index >= 15 is 0 Å². The number of nitrogens with zero attached hydrogens (tertiary/aromatic N) is 2. The molecule has 0 aliphatic carbocycles. The third-order valence-electron chi connectivity index (χ3n) is 3.28. The molecule has 0 saturated heterocycles. The van der Waals surface area contributed by atoms with E-state index in [4.69, 9.17) is 46.4 Å². The van der Waals surface area contributed by atoms with Crippen molar-refractivity contribution < 1.29 is 10.2 Å². The lowest BCUT2D eigenvalue weighted by Crippen LogP contribution is -1.90. The van der Waals surface area contributed by atoms with E-state index in [-0.39, 0.29) is 31.6 Å². The van der Waals surface area contributed by atoms with Gasteiger partial charge in [0.15, 0.2) is 11.5 Å². The number of hydrogen-bond acceptors (Lipinski definition) is 4. The van der Waals surface area contributed by atoms with Crippen molar-refractivity contribution in [1.29, 1.82) is 0 Å². The summed E-state index contributed by atoms with van der Waals surface area (Å²) in [5.41, 5.74) is 2.28. The van der Waals surface area contributed by atoms with Crippen molar-refractivity contribution >= 4 is 46.4 Å². The second-order valence-electron chi connectivity index (χ2n) is 4.86. The number of phenols is 2. The molecule has 0 atom stereocenters. The fraction of sp³-hybridized carbons (Fsp3) is 0. The predicted molar refractivity (Wildman–Crippen MR) is 96.3 cm³/mol. The number of benzene rings is 2. The lowest BCUT2D eigenvalue weighted by atomic mass is 10.1. The summed E-state index contributed by atoms with van der Waals surface area (Å²) < 4.78 is 0. The molecule has 4 nitrogen and oxygen atoms in total. The van der Waals surface area contributed by atoms with Gasteiger partial charge in [0, 0.05) is 11.1 Å². The van der Waals surface area contributed by atoms with Crippen molar-refractivity contribution in [3.63, 3.8) is 0 Å². The molecule has 3 aromatic rings. The maximum absolute atomic E-state index is 9.60. The van der Waals surface area contributed by atoms with Gasteiger partial charge in [0.2, 0.25) is 0 Å². The van der Waals surface area contributed by atoms with Crippen LogP contribution in [0.2, 0.25) is 20.1 Å². The van der Waals surface area contributed by atoms with Crippen LogP contribution in [0.4, 0.5) is 0 Å². The van der Waals surface area contributed by atoms with Gasteiger partial charge in [-0.3, -0.25) is 9.97 Å². The molecule has 8 heteroatoms. The third kappa shape index (κ3) is 3.23. The Balaban J connectivity index is 2.00. The predicted octanol–water partition coefficient (Wildman–Crippen LogP) is 5.84. The lowest BCUT2D eigenvalue weighted by molar-refractivity contribution is 0.475. The van der Waals surface area contributed by atoms with Crippen molar-refractivity contribution in [2.75, 3.05) is 0 Å². The molecule has 0 aliphatic heterocycles. The van der Waals surface area contributed by atoms with Gasteiger partial charge in [-0.15, -0.1) is 0 Å². The van der Waals surface area contributed by atoms with Crippen LogP contribution < -0.4 is 0 Å². The average molecular weight is 402 g/mol. The minimum Gasteiger partial charge on any atom is -0.505 e. The van der Waals surface area contributed by atoms with Crippen molar-refractivity contribution in [2.24, 2.45) is 0 Å². The summed E-state index contributed by atoms with van der Waals surface area (Å²) in [6.07, 6.45) is 3.06. The molecule has 0 radical (unpaired) electrons. The SMILES string of the molecule is Oc1c(Cl)cc(-c2cnc(-c3cc(Cl)c(O)c(Cl)c3)cn2)cc1Cl. The number of halogens is 4. The number of aromatic hydroxyl groups is 2. The summed E-state index contributed by atoms with van der Waals surface area (Å²) in [4.78, 5) is 8.62. The summed E-state index contributed by atoms with van der Waals surface area (Å²) in [7, 11) is 0. The van der Waals surface area contributed by atoms with E-state index < -0.39 is 0 Å². The summed E-state index contributed by atoms with van der Waals surface area (Å²) in [5, 5.41) is 19.7. The van der Waals surface area contributed by atoms with Gasteiger partial charge in [0.25, 0.3) is 0 Å². The Morgan fingerprint density at radius 1 is 0.583 bits per heavy atom. The summed E-state index contributed by atoms with van der Waals surface area (Å²) in [6, 6.07) is 6.17. The van der Waals surface area contributed by atoms with Crippen LogP contribution in [0.25, 0.3) is 22.5 Å². The Morgan fingerprint density at radius 2 is 0.875 bits per heavy atom. The number of phenolic OH excluding ortho intramolecular Hbond substituents is 2. The Bertz CT molecular complexity index is 807. The second-order valence-corrected chi connectivity index (χ2v) is 6.49. The van der Waals surface area contributed by atoms with Crippen LogP contribution in [0.15, 0.2) is 36.7 Å². The van der Waals surface area contributed by atoms with E-state index in [2.05, 4.69) is 9.97 Å². The van der Waals surface area contributed by atoms with Crippen LogP contribution in [-0.4, -0.2) is 20.2 Å². The van der Waals surface area contributed by atoms with Gasteiger partial charge < -0.3 is 10.2 Å². The van der Waals surface area contributed by atoms with Crippen molar-refractivity contribution in [1.82, 2.24) is 9.97 Å². The first-order chi connectivity index (χ1) is 11.4. The molecule has 1 aromatic heterocycles. The van der Waals surface area contributed by atoms with Crippen molar-refractivity contribution in [2.45, 2.75) is 0 Å². The topological polar surface area (TPSA) is 66.2 Å². The second kappa shape index (κ2) is 6.65. The molecule has 0 bridgehead atoms. The van der Waals surface area contributed by atoms with Crippen LogP contribution in [0.5, 0.6) is 11.5 Å². The molecule has 0 amide bonds. The van der Waals surface area contributed by atoms with E-state index in [1.165, 1.54) is 12.4 Å². The van der Waals surface area contributed by atoms with Crippen LogP contribution in [0, 0.1) is 0 Å². The number of hydrogen-bond donors (Lipinski definition) is 2. The first kappa shape index (κ1) is 17.1. The van der Waals surface area contributed by atoms with Gasteiger partial charge in [-0.1, -0.05) is 46.4 Å². The maximum atomic E-state index is 9.60. The van der Waals surface area contributed by atoms with Gasteiger partial charge in [0.05, 0.1) is 43.9 Å². The minimum atomic E-state index is -0.181. The van der Waals surface area contributed by atoms with Crippen LogP contribution >= 0.6 is 46.4 Å². The largest absolute Gasteiger partial charge is 0.505 e. The highest BCUT2D eigenvalue weighted by Gasteiger charge is 2.12. The zero-order valence-corrected chi connectivity index (χ0v) is 14.8. The van der Waals surface area contributed by atoms with Gasteiger partial charge in [-0.05, 0) is 24.3 Å². The van der Waals surface area contributed by atoms with E-state index in [9.17, 15) is 10.2 Å². The normalized spacial score (nSPS) is 10.8. The molecule has 1 heterocycles. The minimum absolute atomic E-state index is 0.125. The highest BCUT2D eigenvalue weighted by atomic mass is 35.5. The first-order valence-corrected chi connectivity index (χ1v) is 8.07. The Labute approximate surface area is 157 Å². The van der Waals surface area contributed by atoms with Crippen LogP contribution in [0.1, 0.15) is 0 Å². The zero-order chi connectivity index (χ0) is 17.4. The molecule has 2 aromatic carbocycles.